The van der Waals surface area contributed by atoms with Crippen LogP contribution in [-0.4, -0.2) is 37.6 Å². The number of benzene rings is 2. The third-order valence-electron chi connectivity index (χ3n) is 5.64. The van der Waals surface area contributed by atoms with Gasteiger partial charge in [0.2, 0.25) is 0 Å². The van der Waals surface area contributed by atoms with E-state index in [4.69, 9.17) is 9.15 Å². The van der Waals surface area contributed by atoms with Gasteiger partial charge < -0.3 is 14.5 Å². The Labute approximate surface area is 179 Å². The lowest BCUT2D eigenvalue weighted by Crippen LogP contribution is -2.36. The van der Waals surface area contributed by atoms with Gasteiger partial charge in [-0.25, -0.2) is 0 Å². The van der Waals surface area contributed by atoms with Crippen LogP contribution in [0.5, 0.6) is 5.75 Å². The normalized spacial score (nSPS) is 15.6. The number of nitrogens with one attached hydrogen (secondary N) is 1. The van der Waals surface area contributed by atoms with Crippen LogP contribution in [0.1, 0.15) is 40.6 Å². The molecule has 152 valence electrons. The summed E-state index contributed by atoms with van der Waals surface area (Å²) in [6, 6.07) is 14.0. The van der Waals surface area contributed by atoms with Gasteiger partial charge in [0.05, 0.1) is 13.2 Å². The minimum atomic E-state index is -0.174. The highest BCUT2D eigenvalue weighted by atomic mass is 79.9. The molecule has 1 saturated heterocycles. The molecule has 2 heterocycles. The molecule has 1 aromatic heterocycles. The maximum Gasteiger partial charge on any atom is 0.287 e. The zero-order chi connectivity index (χ0) is 20.4. The highest BCUT2D eigenvalue weighted by Gasteiger charge is 2.25. The van der Waals surface area contributed by atoms with E-state index in [1.54, 1.807) is 7.11 Å². The highest BCUT2D eigenvalue weighted by molar-refractivity contribution is 9.10. The van der Waals surface area contributed by atoms with Crippen LogP contribution in [-0.2, 0) is 0 Å². The van der Waals surface area contributed by atoms with Crippen LogP contribution in [0.25, 0.3) is 11.0 Å². The zero-order valence-electron chi connectivity index (χ0n) is 16.7. The van der Waals surface area contributed by atoms with Crippen molar-refractivity contribution in [2.75, 3.05) is 26.7 Å². The molecule has 1 atom stereocenters. The minimum absolute atomic E-state index is 0.131. The Hall–Kier alpha value is -2.31. The van der Waals surface area contributed by atoms with Crippen LogP contribution in [0.3, 0.4) is 0 Å². The Morgan fingerprint density at radius 3 is 2.62 bits per heavy atom. The molecule has 1 fully saturated rings. The van der Waals surface area contributed by atoms with Gasteiger partial charge in [0.1, 0.15) is 11.3 Å². The molecule has 1 aliphatic rings. The molecule has 3 aromatic rings. The van der Waals surface area contributed by atoms with E-state index in [0.29, 0.717) is 12.3 Å². The predicted octanol–water partition coefficient (Wildman–Crippen LogP) is 5.08. The third-order valence-corrected chi connectivity index (χ3v) is 6.14. The van der Waals surface area contributed by atoms with Gasteiger partial charge in [-0.1, -0.05) is 28.1 Å². The number of fused-ring (bicyclic) bond motifs is 1. The second-order valence-electron chi connectivity index (χ2n) is 7.44. The van der Waals surface area contributed by atoms with Crippen LogP contribution < -0.4 is 10.1 Å². The van der Waals surface area contributed by atoms with Crippen molar-refractivity contribution < 1.29 is 13.9 Å². The van der Waals surface area contributed by atoms with Crippen molar-refractivity contribution in [1.29, 1.82) is 0 Å². The molecule has 2 aromatic carbocycles. The number of rotatable bonds is 6. The summed E-state index contributed by atoms with van der Waals surface area (Å²) < 4.78 is 12.1. The summed E-state index contributed by atoms with van der Waals surface area (Å²) in [4.78, 5) is 15.4. The number of likely N-dealkylation sites (tertiary alicyclic amines) is 1. The summed E-state index contributed by atoms with van der Waals surface area (Å²) in [5, 5.41) is 4.06. The smallest absolute Gasteiger partial charge is 0.287 e. The summed E-state index contributed by atoms with van der Waals surface area (Å²) in [7, 11) is 1.67. The van der Waals surface area contributed by atoms with Crippen LogP contribution >= 0.6 is 15.9 Å². The lowest BCUT2D eigenvalue weighted by molar-refractivity contribution is 0.0911. The first-order valence-electron chi connectivity index (χ1n) is 9.91. The van der Waals surface area contributed by atoms with Crippen molar-refractivity contribution in [2.45, 2.75) is 25.8 Å². The number of furan rings is 1. The van der Waals surface area contributed by atoms with Crippen LogP contribution in [0.4, 0.5) is 0 Å². The summed E-state index contributed by atoms with van der Waals surface area (Å²) in [6.07, 6.45) is 2.39. The maximum atomic E-state index is 12.9. The molecule has 0 radical (unpaired) electrons. The molecule has 29 heavy (non-hydrogen) atoms. The first-order valence-corrected chi connectivity index (χ1v) is 10.7. The predicted molar refractivity (Wildman–Crippen MR) is 118 cm³/mol. The molecule has 4 rings (SSSR count). The Bertz CT molecular complexity index is 1010. The molecule has 0 saturated carbocycles. The molecule has 1 aliphatic heterocycles. The van der Waals surface area contributed by atoms with Gasteiger partial charge in [0.15, 0.2) is 5.76 Å². The molecular formula is C23H25BrN2O3. The van der Waals surface area contributed by atoms with E-state index in [1.807, 2.05) is 37.3 Å². The van der Waals surface area contributed by atoms with E-state index < -0.39 is 0 Å². The second-order valence-corrected chi connectivity index (χ2v) is 8.35. The molecule has 1 amide bonds. The van der Waals surface area contributed by atoms with E-state index in [0.717, 1.165) is 39.8 Å². The van der Waals surface area contributed by atoms with Crippen molar-refractivity contribution in [3.8, 4) is 5.75 Å². The van der Waals surface area contributed by atoms with E-state index >= 15 is 0 Å². The first-order chi connectivity index (χ1) is 14.1. The van der Waals surface area contributed by atoms with Crippen molar-refractivity contribution in [3.05, 3.63) is 63.8 Å². The maximum absolute atomic E-state index is 12.9. The van der Waals surface area contributed by atoms with Crippen LogP contribution in [0.2, 0.25) is 0 Å². The largest absolute Gasteiger partial charge is 0.497 e. The number of aryl methyl sites for hydroxylation is 1. The number of amides is 1. The number of methoxy groups -OCH3 is 1. The van der Waals surface area contributed by atoms with E-state index in [-0.39, 0.29) is 11.9 Å². The number of nitrogens with zero attached hydrogens (tertiary/aromatic N) is 1. The molecule has 5 nitrogen and oxygen atoms in total. The fraction of sp³-hybridized carbons (Fsp3) is 0.348. The minimum Gasteiger partial charge on any atom is -0.497 e. The van der Waals surface area contributed by atoms with Crippen molar-refractivity contribution in [1.82, 2.24) is 10.2 Å². The molecular weight excluding hydrogens is 432 g/mol. The van der Waals surface area contributed by atoms with Gasteiger partial charge in [-0.15, -0.1) is 0 Å². The Kier molecular flexibility index (Phi) is 5.92. The number of carbonyl (C=O) groups excluding carboxylic acids is 1. The van der Waals surface area contributed by atoms with Crippen molar-refractivity contribution >= 4 is 32.8 Å². The molecule has 0 spiro atoms. The highest BCUT2D eigenvalue weighted by Crippen LogP contribution is 2.29. The summed E-state index contributed by atoms with van der Waals surface area (Å²) in [5.41, 5.74) is 2.77. The number of carbonyl (C=O) groups is 1. The average Bonchev–Trinajstić information content (AvgIpc) is 3.37. The second kappa shape index (κ2) is 8.59. The van der Waals surface area contributed by atoms with Gasteiger partial charge in [-0.3, -0.25) is 9.69 Å². The van der Waals surface area contributed by atoms with E-state index in [1.165, 1.54) is 18.4 Å². The molecule has 6 heteroatoms. The summed E-state index contributed by atoms with van der Waals surface area (Å²) >= 11 is 3.48. The van der Waals surface area contributed by atoms with Crippen molar-refractivity contribution in [2.24, 2.45) is 0 Å². The Morgan fingerprint density at radius 1 is 1.21 bits per heavy atom. The lowest BCUT2D eigenvalue weighted by Gasteiger charge is -2.28. The monoisotopic (exact) mass is 456 g/mol. The molecule has 0 bridgehead atoms. The van der Waals surface area contributed by atoms with Crippen LogP contribution in [0, 0.1) is 6.92 Å². The van der Waals surface area contributed by atoms with Gasteiger partial charge >= 0.3 is 0 Å². The van der Waals surface area contributed by atoms with Gasteiger partial charge in [0.25, 0.3) is 5.91 Å². The number of halogens is 1. The lowest BCUT2D eigenvalue weighted by atomic mass is 10.0. The van der Waals surface area contributed by atoms with Crippen LogP contribution in [0.15, 0.2) is 51.4 Å². The summed E-state index contributed by atoms with van der Waals surface area (Å²) in [5.74, 6) is 1.04. The SMILES string of the molecule is COc1ccc([C@H](CNC(=O)c2oc3ccc(Br)cc3c2C)N2CCCC2)cc1. The van der Waals surface area contributed by atoms with Gasteiger partial charge in [-0.2, -0.15) is 0 Å². The van der Waals surface area contributed by atoms with Gasteiger partial charge in [-0.05, 0) is 68.8 Å². The quantitative estimate of drug-likeness (QED) is 0.561. The fourth-order valence-electron chi connectivity index (χ4n) is 4.02. The number of ether oxygens (including phenoxy) is 1. The van der Waals surface area contributed by atoms with E-state index in [9.17, 15) is 4.79 Å². The number of hydrogen-bond donors (Lipinski definition) is 1. The standard InChI is InChI=1S/C23H25BrN2O3/c1-15-19-13-17(24)7-10-21(19)29-22(15)23(27)25-14-20(26-11-3-4-12-26)16-5-8-18(28-2)9-6-16/h5-10,13,20H,3-4,11-12,14H2,1-2H3,(H,25,27)/t20-/m0/s1. The summed E-state index contributed by atoms with van der Waals surface area (Å²) in [6.45, 7) is 4.55. The fourth-order valence-corrected chi connectivity index (χ4v) is 4.38. The Morgan fingerprint density at radius 2 is 1.93 bits per heavy atom. The molecule has 0 aliphatic carbocycles. The Balaban J connectivity index is 1.53. The van der Waals surface area contributed by atoms with E-state index in [2.05, 4.69) is 38.3 Å². The third kappa shape index (κ3) is 4.19. The zero-order valence-corrected chi connectivity index (χ0v) is 18.3. The topological polar surface area (TPSA) is 54.7 Å². The molecule has 1 N–H and O–H groups in total. The first kappa shape index (κ1) is 20.0. The molecule has 0 unspecified atom stereocenters. The number of hydrogen-bond acceptors (Lipinski definition) is 4. The van der Waals surface area contributed by atoms with Gasteiger partial charge in [0, 0.05) is 22.0 Å². The van der Waals surface area contributed by atoms with Crippen molar-refractivity contribution in [3.63, 3.8) is 0 Å². The average molecular weight is 457 g/mol.